The summed E-state index contributed by atoms with van der Waals surface area (Å²) in [6.45, 7) is 5.79. The second kappa shape index (κ2) is 4.45. The number of phenols is 1. The summed E-state index contributed by atoms with van der Waals surface area (Å²) < 4.78 is 0. The summed E-state index contributed by atoms with van der Waals surface area (Å²) in [6.07, 6.45) is 0. The predicted molar refractivity (Wildman–Crippen MR) is 59.9 cm³/mol. The van der Waals surface area contributed by atoms with Gasteiger partial charge in [-0.1, -0.05) is 13.8 Å². The molecular formula is C12H17NO2. The Bertz CT molecular complexity index is 383. The summed E-state index contributed by atoms with van der Waals surface area (Å²) in [5, 5.41) is 9.40. The zero-order valence-corrected chi connectivity index (χ0v) is 9.37. The number of rotatable bonds is 3. The number of Topliss-reactive ketones (excluding diaryl/α,β-unsaturated/α-hetero) is 1. The molecule has 3 nitrogen and oxygen atoms in total. The number of aryl methyl sites for hydroxylation is 1. The van der Waals surface area contributed by atoms with Gasteiger partial charge in [0.25, 0.3) is 0 Å². The zero-order valence-electron chi connectivity index (χ0n) is 9.37. The van der Waals surface area contributed by atoms with Gasteiger partial charge in [-0.15, -0.1) is 0 Å². The van der Waals surface area contributed by atoms with Crippen molar-refractivity contribution in [3.8, 4) is 5.75 Å². The quantitative estimate of drug-likeness (QED) is 0.745. The zero-order chi connectivity index (χ0) is 11.6. The van der Waals surface area contributed by atoms with E-state index in [0.29, 0.717) is 11.1 Å². The molecule has 1 aromatic carbocycles. The van der Waals surface area contributed by atoms with Gasteiger partial charge in [0.1, 0.15) is 5.75 Å². The molecule has 0 aliphatic heterocycles. The molecule has 0 amide bonds. The molecule has 1 aromatic rings. The van der Waals surface area contributed by atoms with Gasteiger partial charge in [0, 0.05) is 18.0 Å². The lowest BCUT2D eigenvalue weighted by atomic mass is 9.92. The minimum absolute atomic E-state index is 0.0569. The van der Waals surface area contributed by atoms with E-state index in [4.69, 9.17) is 5.73 Å². The molecule has 0 radical (unpaired) electrons. The fourth-order valence-electron chi connectivity index (χ4n) is 1.64. The lowest BCUT2D eigenvalue weighted by Gasteiger charge is -2.13. The van der Waals surface area contributed by atoms with Gasteiger partial charge in [0.05, 0.1) is 0 Å². The molecule has 0 unspecified atom stereocenters. The molecule has 0 fully saturated rings. The highest BCUT2D eigenvalue weighted by Crippen LogP contribution is 2.23. The van der Waals surface area contributed by atoms with E-state index in [-0.39, 0.29) is 24.0 Å². The highest BCUT2D eigenvalue weighted by atomic mass is 16.3. The molecule has 0 bridgehead atoms. The van der Waals surface area contributed by atoms with Crippen LogP contribution in [0.5, 0.6) is 5.75 Å². The molecule has 0 aromatic heterocycles. The summed E-state index contributed by atoms with van der Waals surface area (Å²) in [5.41, 5.74) is 7.72. The smallest absolute Gasteiger partial charge is 0.165 e. The topological polar surface area (TPSA) is 63.3 Å². The number of hydrogen-bond acceptors (Lipinski definition) is 3. The Balaban J connectivity index is 3.33. The molecular weight excluding hydrogens is 190 g/mol. The Morgan fingerprint density at radius 2 is 2.07 bits per heavy atom. The third-order valence-corrected chi connectivity index (χ3v) is 2.39. The first-order valence-corrected chi connectivity index (χ1v) is 5.04. The Kier molecular flexibility index (Phi) is 3.48. The normalized spacial score (nSPS) is 10.7. The van der Waals surface area contributed by atoms with Crippen molar-refractivity contribution in [2.75, 3.05) is 0 Å². The summed E-state index contributed by atoms with van der Waals surface area (Å²) >= 11 is 0. The van der Waals surface area contributed by atoms with Crippen LogP contribution in [0.15, 0.2) is 12.1 Å². The minimum atomic E-state index is -0.0569. The van der Waals surface area contributed by atoms with Gasteiger partial charge >= 0.3 is 0 Å². The number of hydrogen-bond donors (Lipinski definition) is 2. The highest BCUT2D eigenvalue weighted by molar-refractivity contribution is 6.00. The third kappa shape index (κ3) is 2.36. The Hall–Kier alpha value is -1.35. The van der Waals surface area contributed by atoms with Crippen molar-refractivity contribution in [3.63, 3.8) is 0 Å². The van der Waals surface area contributed by atoms with Crippen molar-refractivity contribution in [1.29, 1.82) is 0 Å². The molecule has 82 valence electrons. The van der Waals surface area contributed by atoms with Crippen LogP contribution < -0.4 is 5.73 Å². The first-order valence-electron chi connectivity index (χ1n) is 5.04. The fraction of sp³-hybridized carbons (Fsp3) is 0.417. The minimum Gasteiger partial charge on any atom is -0.508 e. The predicted octanol–water partition coefficient (Wildman–Crippen LogP) is 2.00. The van der Waals surface area contributed by atoms with Crippen LogP contribution in [0.1, 0.15) is 35.3 Å². The Morgan fingerprint density at radius 3 is 2.53 bits per heavy atom. The van der Waals surface area contributed by atoms with Gasteiger partial charge in [-0.25, -0.2) is 0 Å². The molecule has 15 heavy (non-hydrogen) atoms. The molecule has 0 saturated carbocycles. The molecule has 3 N–H and O–H groups in total. The SMILES string of the molecule is Cc1cc(O)cc(CN)c1C(=O)C(C)C. The van der Waals surface area contributed by atoms with Gasteiger partial charge < -0.3 is 10.8 Å². The maximum atomic E-state index is 11.9. The van der Waals surface area contributed by atoms with E-state index in [1.165, 1.54) is 0 Å². The van der Waals surface area contributed by atoms with Crippen LogP contribution in [0, 0.1) is 12.8 Å². The van der Waals surface area contributed by atoms with Gasteiger partial charge in [0.2, 0.25) is 0 Å². The van der Waals surface area contributed by atoms with E-state index in [0.717, 1.165) is 5.56 Å². The van der Waals surface area contributed by atoms with Crippen LogP contribution >= 0.6 is 0 Å². The van der Waals surface area contributed by atoms with E-state index in [1.807, 2.05) is 20.8 Å². The first kappa shape index (κ1) is 11.7. The number of carbonyl (C=O) groups excluding carboxylic acids is 1. The van der Waals surface area contributed by atoms with Crippen LogP contribution in [-0.2, 0) is 6.54 Å². The van der Waals surface area contributed by atoms with Crippen molar-refractivity contribution in [2.45, 2.75) is 27.3 Å². The van der Waals surface area contributed by atoms with Crippen molar-refractivity contribution in [3.05, 3.63) is 28.8 Å². The number of ketones is 1. The van der Waals surface area contributed by atoms with E-state index in [9.17, 15) is 9.90 Å². The molecule has 0 aliphatic carbocycles. The van der Waals surface area contributed by atoms with E-state index >= 15 is 0 Å². The number of carbonyl (C=O) groups is 1. The average molecular weight is 207 g/mol. The number of aromatic hydroxyl groups is 1. The second-order valence-corrected chi connectivity index (χ2v) is 4.02. The lowest BCUT2D eigenvalue weighted by molar-refractivity contribution is 0.0938. The van der Waals surface area contributed by atoms with Gasteiger partial charge in [-0.2, -0.15) is 0 Å². The van der Waals surface area contributed by atoms with Crippen LogP contribution in [0.25, 0.3) is 0 Å². The van der Waals surface area contributed by atoms with Crippen LogP contribution in [0.2, 0.25) is 0 Å². The molecule has 0 aliphatic rings. The van der Waals surface area contributed by atoms with E-state index in [1.54, 1.807) is 12.1 Å². The molecule has 1 rings (SSSR count). The number of phenolic OH excluding ortho intramolecular Hbond substituents is 1. The average Bonchev–Trinajstić information content (AvgIpc) is 2.15. The molecule has 0 atom stereocenters. The summed E-state index contributed by atoms with van der Waals surface area (Å²) in [4.78, 5) is 11.9. The van der Waals surface area contributed by atoms with Crippen molar-refractivity contribution in [2.24, 2.45) is 11.7 Å². The molecule has 0 heterocycles. The highest BCUT2D eigenvalue weighted by Gasteiger charge is 2.17. The van der Waals surface area contributed by atoms with Crippen LogP contribution in [-0.4, -0.2) is 10.9 Å². The van der Waals surface area contributed by atoms with Crippen molar-refractivity contribution < 1.29 is 9.90 Å². The van der Waals surface area contributed by atoms with Crippen molar-refractivity contribution >= 4 is 5.78 Å². The number of benzene rings is 1. The molecule has 0 spiro atoms. The van der Waals surface area contributed by atoms with Crippen LogP contribution in [0.3, 0.4) is 0 Å². The third-order valence-electron chi connectivity index (χ3n) is 2.39. The Morgan fingerprint density at radius 1 is 1.47 bits per heavy atom. The molecule has 3 heteroatoms. The second-order valence-electron chi connectivity index (χ2n) is 4.02. The lowest BCUT2D eigenvalue weighted by Crippen LogP contribution is -2.14. The summed E-state index contributed by atoms with van der Waals surface area (Å²) in [6, 6.07) is 3.15. The largest absolute Gasteiger partial charge is 0.508 e. The van der Waals surface area contributed by atoms with Gasteiger partial charge in [0.15, 0.2) is 5.78 Å². The maximum absolute atomic E-state index is 11.9. The molecule has 0 saturated heterocycles. The Labute approximate surface area is 89.9 Å². The van der Waals surface area contributed by atoms with Crippen molar-refractivity contribution in [1.82, 2.24) is 0 Å². The van der Waals surface area contributed by atoms with Crippen LogP contribution in [0.4, 0.5) is 0 Å². The van der Waals surface area contributed by atoms with Gasteiger partial charge in [-0.3, -0.25) is 4.79 Å². The van der Waals surface area contributed by atoms with E-state index in [2.05, 4.69) is 0 Å². The summed E-state index contributed by atoms with van der Waals surface area (Å²) in [5.74, 6) is 0.180. The fourth-order valence-corrected chi connectivity index (χ4v) is 1.64. The number of nitrogens with two attached hydrogens (primary N) is 1. The van der Waals surface area contributed by atoms with Gasteiger partial charge in [-0.05, 0) is 30.2 Å². The first-order chi connectivity index (χ1) is 6.97. The maximum Gasteiger partial charge on any atom is 0.165 e. The van der Waals surface area contributed by atoms with E-state index < -0.39 is 0 Å². The summed E-state index contributed by atoms with van der Waals surface area (Å²) in [7, 11) is 0. The monoisotopic (exact) mass is 207 g/mol. The standard InChI is InChI=1S/C12H17NO2/c1-7(2)12(15)11-8(3)4-10(14)5-9(11)6-13/h4-5,7,14H,6,13H2,1-3H3.